The zero-order valence-corrected chi connectivity index (χ0v) is 22.3. The summed E-state index contributed by atoms with van der Waals surface area (Å²) in [4.78, 5) is 9.07. The van der Waals surface area contributed by atoms with Crippen LogP contribution in [0, 0.1) is 22.7 Å². The van der Waals surface area contributed by atoms with Gasteiger partial charge in [-0.25, -0.2) is 9.97 Å². The molecule has 0 N–H and O–H groups in total. The average molecular weight is 476 g/mol. The van der Waals surface area contributed by atoms with Crippen molar-refractivity contribution in [3.8, 4) is 23.2 Å². The van der Waals surface area contributed by atoms with Crippen LogP contribution in [-0.4, -0.2) is 16.6 Å². The first-order chi connectivity index (χ1) is 17.1. The van der Waals surface area contributed by atoms with Crippen LogP contribution in [0.4, 0.5) is 0 Å². The molecule has 0 bridgehead atoms. The van der Waals surface area contributed by atoms with Gasteiger partial charge in [-0.1, -0.05) is 90.0 Å². The normalized spacial score (nSPS) is 20.8. The fourth-order valence-electron chi connectivity index (χ4n) is 5.37. The minimum atomic E-state index is -0.113. The molecular weight excluding hydrogens is 430 g/mol. The molecule has 4 heteroatoms. The monoisotopic (exact) mass is 475 g/mol. The second kappa shape index (κ2) is 14.2. The van der Waals surface area contributed by atoms with Crippen molar-refractivity contribution in [1.29, 1.82) is 5.26 Å². The Kier molecular flexibility index (Phi) is 11.0. The summed E-state index contributed by atoms with van der Waals surface area (Å²) in [7, 11) is 0. The zero-order valence-electron chi connectivity index (χ0n) is 22.3. The van der Waals surface area contributed by atoms with Gasteiger partial charge in [0.25, 0.3) is 0 Å². The van der Waals surface area contributed by atoms with Gasteiger partial charge in [-0.2, -0.15) is 5.26 Å². The van der Waals surface area contributed by atoms with Crippen molar-refractivity contribution in [2.24, 2.45) is 11.3 Å². The van der Waals surface area contributed by atoms with Crippen LogP contribution in [-0.2, 0) is 0 Å². The van der Waals surface area contributed by atoms with Gasteiger partial charge >= 0.3 is 0 Å². The highest BCUT2D eigenvalue weighted by Crippen LogP contribution is 2.46. The Hall–Kier alpha value is -2.41. The first-order valence-electron chi connectivity index (χ1n) is 14.1. The Morgan fingerprint density at radius 3 is 2.20 bits per heavy atom. The molecule has 1 fully saturated rings. The lowest BCUT2D eigenvalue weighted by atomic mass is 9.66. The maximum atomic E-state index is 9.86. The molecule has 0 amide bonds. The van der Waals surface area contributed by atoms with Crippen molar-refractivity contribution >= 4 is 0 Å². The molecule has 1 aliphatic rings. The lowest BCUT2D eigenvalue weighted by Gasteiger charge is -2.36. The molecule has 0 aliphatic heterocycles. The minimum Gasteiger partial charge on any atom is -0.490 e. The number of rotatable bonds is 14. The Morgan fingerprint density at radius 1 is 0.971 bits per heavy atom. The van der Waals surface area contributed by atoms with E-state index in [2.05, 4.69) is 61.1 Å². The van der Waals surface area contributed by atoms with E-state index in [9.17, 15) is 5.26 Å². The van der Waals surface area contributed by atoms with Gasteiger partial charge in [0.05, 0.1) is 30.5 Å². The molecule has 1 aliphatic carbocycles. The highest BCUT2D eigenvalue weighted by atomic mass is 16.5. The topological polar surface area (TPSA) is 58.8 Å². The molecule has 1 heterocycles. The highest BCUT2D eigenvalue weighted by Gasteiger charge is 2.36. The summed E-state index contributed by atoms with van der Waals surface area (Å²) in [6, 6.07) is 11.4. The SMILES string of the molecule is CCCCCCCCCOc1cnc(-c2ccc(C3CCC(C#N)(CC(C)CC)CC3)cc2)nc1. The maximum Gasteiger partial charge on any atom is 0.159 e. The summed E-state index contributed by atoms with van der Waals surface area (Å²) < 4.78 is 5.83. The first kappa shape index (κ1) is 27.2. The smallest absolute Gasteiger partial charge is 0.159 e. The van der Waals surface area contributed by atoms with Crippen molar-refractivity contribution in [1.82, 2.24) is 9.97 Å². The van der Waals surface area contributed by atoms with E-state index in [1.54, 1.807) is 12.4 Å². The van der Waals surface area contributed by atoms with Gasteiger partial charge in [0, 0.05) is 5.56 Å². The molecule has 1 aromatic heterocycles. The number of benzene rings is 1. The van der Waals surface area contributed by atoms with Gasteiger partial charge < -0.3 is 4.74 Å². The summed E-state index contributed by atoms with van der Waals surface area (Å²) in [5, 5.41) is 9.86. The average Bonchev–Trinajstić information content (AvgIpc) is 2.91. The summed E-state index contributed by atoms with van der Waals surface area (Å²) in [6.45, 7) is 7.49. The molecule has 190 valence electrons. The van der Waals surface area contributed by atoms with E-state index in [1.807, 2.05) is 0 Å². The van der Waals surface area contributed by atoms with Crippen LogP contribution < -0.4 is 4.74 Å². The fraction of sp³-hybridized carbons (Fsp3) is 0.645. The third kappa shape index (κ3) is 8.34. The van der Waals surface area contributed by atoms with Gasteiger partial charge in [-0.05, 0) is 55.9 Å². The van der Waals surface area contributed by atoms with Crippen LogP contribution in [0.1, 0.15) is 116 Å². The molecule has 0 saturated heterocycles. The molecule has 0 radical (unpaired) electrons. The van der Waals surface area contributed by atoms with E-state index in [0.29, 0.717) is 11.8 Å². The number of nitriles is 1. The molecule has 1 unspecified atom stereocenters. The van der Waals surface area contributed by atoms with Gasteiger partial charge in [0.1, 0.15) is 0 Å². The Morgan fingerprint density at radius 2 is 1.60 bits per heavy atom. The molecule has 3 rings (SSSR count). The molecular formula is C31H45N3O. The zero-order chi connectivity index (χ0) is 24.9. The molecule has 0 spiro atoms. The molecule has 1 aromatic carbocycles. The number of aromatic nitrogens is 2. The van der Waals surface area contributed by atoms with Crippen molar-refractivity contribution in [3.05, 3.63) is 42.2 Å². The Balaban J connectivity index is 1.45. The number of hydrogen-bond donors (Lipinski definition) is 0. The molecule has 1 saturated carbocycles. The maximum absolute atomic E-state index is 9.86. The van der Waals surface area contributed by atoms with Crippen LogP contribution in [0.3, 0.4) is 0 Å². The van der Waals surface area contributed by atoms with Gasteiger partial charge in [-0.15, -0.1) is 0 Å². The largest absolute Gasteiger partial charge is 0.490 e. The van der Waals surface area contributed by atoms with E-state index in [1.165, 1.54) is 44.1 Å². The predicted molar refractivity (Wildman–Crippen MR) is 144 cm³/mol. The number of hydrogen-bond acceptors (Lipinski definition) is 4. The van der Waals surface area contributed by atoms with Crippen LogP contribution >= 0.6 is 0 Å². The summed E-state index contributed by atoms with van der Waals surface area (Å²) in [5.74, 6) is 2.66. The van der Waals surface area contributed by atoms with Crippen molar-refractivity contribution in [3.63, 3.8) is 0 Å². The fourth-order valence-corrected chi connectivity index (χ4v) is 5.37. The van der Waals surface area contributed by atoms with Crippen LogP contribution in [0.15, 0.2) is 36.7 Å². The molecule has 4 nitrogen and oxygen atoms in total. The third-order valence-electron chi connectivity index (χ3n) is 7.90. The van der Waals surface area contributed by atoms with Crippen LogP contribution in [0.25, 0.3) is 11.4 Å². The van der Waals surface area contributed by atoms with E-state index in [0.717, 1.165) is 68.7 Å². The molecule has 2 aromatic rings. The van der Waals surface area contributed by atoms with Crippen LogP contribution in [0.5, 0.6) is 5.75 Å². The minimum absolute atomic E-state index is 0.113. The van der Waals surface area contributed by atoms with Crippen molar-refractivity contribution in [2.75, 3.05) is 6.61 Å². The second-order valence-electron chi connectivity index (χ2n) is 10.7. The van der Waals surface area contributed by atoms with E-state index >= 15 is 0 Å². The molecule has 1 atom stereocenters. The third-order valence-corrected chi connectivity index (χ3v) is 7.90. The standard InChI is InChI=1S/C31H45N3O/c1-4-6-7-8-9-10-11-20-35-29-22-33-30(34-23-29)28-14-12-26(13-15-28)27-16-18-31(24-32,19-17-27)21-25(3)5-2/h12-15,22-23,25,27H,4-11,16-21H2,1-3H3. The van der Waals surface area contributed by atoms with E-state index < -0.39 is 0 Å². The number of unbranched alkanes of at least 4 members (excludes halogenated alkanes) is 6. The molecule has 35 heavy (non-hydrogen) atoms. The van der Waals surface area contributed by atoms with Crippen molar-refractivity contribution < 1.29 is 4.74 Å². The lowest BCUT2D eigenvalue weighted by Crippen LogP contribution is -2.27. The van der Waals surface area contributed by atoms with E-state index in [-0.39, 0.29) is 5.41 Å². The van der Waals surface area contributed by atoms with Gasteiger partial charge in [-0.3, -0.25) is 0 Å². The summed E-state index contributed by atoms with van der Waals surface area (Å²) in [6.07, 6.45) is 19.0. The van der Waals surface area contributed by atoms with Gasteiger partial charge in [0.2, 0.25) is 0 Å². The highest BCUT2D eigenvalue weighted by molar-refractivity contribution is 5.55. The second-order valence-corrected chi connectivity index (χ2v) is 10.7. The quantitative estimate of drug-likeness (QED) is 0.256. The Bertz CT molecular complexity index is 892. The van der Waals surface area contributed by atoms with Crippen LogP contribution in [0.2, 0.25) is 0 Å². The first-order valence-corrected chi connectivity index (χ1v) is 14.1. The lowest BCUT2D eigenvalue weighted by molar-refractivity contribution is 0.198. The van der Waals surface area contributed by atoms with E-state index in [4.69, 9.17) is 4.74 Å². The number of nitrogens with zero attached hydrogens (tertiary/aromatic N) is 3. The van der Waals surface area contributed by atoms with Crippen molar-refractivity contribution in [2.45, 2.75) is 110 Å². The summed E-state index contributed by atoms with van der Waals surface area (Å²) in [5.41, 5.74) is 2.29. The number of ether oxygens (including phenoxy) is 1. The summed E-state index contributed by atoms with van der Waals surface area (Å²) >= 11 is 0. The Labute approximate surface area is 213 Å². The predicted octanol–water partition coefficient (Wildman–Crippen LogP) is 8.88. The van der Waals surface area contributed by atoms with Gasteiger partial charge in [0.15, 0.2) is 11.6 Å².